The highest BCUT2D eigenvalue weighted by molar-refractivity contribution is 6.31. The van der Waals surface area contributed by atoms with Crippen molar-refractivity contribution >= 4 is 35.3 Å². The number of hydrogen-bond donors (Lipinski definition) is 8. The van der Waals surface area contributed by atoms with Gasteiger partial charge in [-0.3, -0.25) is 24.0 Å². The number of nitrogens with two attached hydrogens (primary N) is 2. The van der Waals surface area contributed by atoms with Crippen molar-refractivity contribution in [2.45, 2.75) is 81.3 Å². The molecule has 274 valence electrons. The van der Waals surface area contributed by atoms with E-state index in [1.165, 1.54) is 25.3 Å². The van der Waals surface area contributed by atoms with Gasteiger partial charge in [0.05, 0.1) is 42.1 Å². The van der Waals surface area contributed by atoms with Gasteiger partial charge in [0.25, 0.3) is 0 Å². The van der Waals surface area contributed by atoms with Crippen LogP contribution in [0.15, 0.2) is 18.2 Å². The van der Waals surface area contributed by atoms with Crippen molar-refractivity contribution in [1.29, 1.82) is 0 Å². The number of aliphatic carboxylic acids is 1. The summed E-state index contributed by atoms with van der Waals surface area (Å²) in [6, 6.07) is 2.59. The van der Waals surface area contributed by atoms with E-state index in [0.29, 0.717) is 6.21 Å². The summed E-state index contributed by atoms with van der Waals surface area (Å²) in [5, 5.41) is 62.0. The lowest BCUT2D eigenvalue weighted by molar-refractivity contribution is -0.247. The molecule has 2 aromatic rings. The number of aliphatic hydroxyl groups excluding tert-OH is 2. The van der Waals surface area contributed by atoms with E-state index in [0.717, 1.165) is 0 Å². The van der Waals surface area contributed by atoms with E-state index in [1.807, 2.05) is 0 Å². The Bertz CT molecular complexity index is 1800. The molecule has 3 aliphatic rings. The zero-order valence-electron chi connectivity index (χ0n) is 27.5. The van der Waals surface area contributed by atoms with E-state index in [4.69, 9.17) is 36.3 Å². The molecule has 0 spiro atoms. The van der Waals surface area contributed by atoms with Crippen LogP contribution >= 0.6 is 0 Å². The van der Waals surface area contributed by atoms with Gasteiger partial charge >= 0.3 is 12.2 Å². The molecule has 0 aromatic heterocycles. The summed E-state index contributed by atoms with van der Waals surface area (Å²) in [7, 11) is 1.32. The van der Waals surface area contributed by atoms with Gasteiger partial charge in [0.2, 0.25) is 11.6 Å². The maximum atomic E-state index is 13.6. The van der Waals surface area contributed by atoms with E-state index in [1.54, 1.807) is 6.92 Å². The van der Waals surface area contributed by atoms with Crippen LogP contribution in [0.5, 0.6) is 17.2 Å². The molecule has 2 aliphatic carbocycles. The number of nitrogens with zero attached hydrogens (tertiary/aromatic N) is 2. The molecule has 1 heterocycles. The number of aromatic hydroxyl groups is 2. The fourth-order valence-corrected chi connectivity index (χ4v) is 6.30. The van der Waals surface area contributed by atoms with Gasteiger partial charge in [-0.1, -0.05) is 12.1 Å². The largest absolute Gasteiger partial charge is 0.507 e. The van der Waals surface area contributed by atoms with Crippen molar-refractivity contribution in [3.63, 3.8) is 0 Å². The van der Waals surface area contributed by atoms with Crippen LogP contribution in [0.3, 0.4) is 0 Å². The molecule has 18 heteroatoms. The van der Waals surface area contributed by atoms with Crippen molar-refractivity contribution in [2.75, 3.05) is 13.7 Å². The minimum Gasteiger partial charge on any atom is -0.507 e. The van der Waals surface area contributed by atoms with Crippen LogP contribution in [0, 0.1) is 0 Å². The number of phenolic OH excluding ortho intramolecular Hbond substituents is 2. The molecule has 0 radical (unpaired) electrons. The van der Waals surface area contributed by atoms with E-state index >= 15 is 0 Å². The third-order valence-corrected chi connectivity index (χ3v) is 9.03. The summed E-state index contributed by atoms with van der Waals surface area (Å²) in [6.07, 6.45) is -4.39. The van der Waals surface area contributed by atoms with Crippen molar-refractivity contribution in [3.8, 4) is 17.2 Å². The number of carboxylic acids is 1. The summed E-state index contributed by atoms with van der Waals surface area (Å²) < 4.78 is 17.0. The van der Waals surface area contributed by atoms with Gasteiger partial charge in [0, 0.05) is 48.4 Å². The zero-order chi connectivity index (χ0) is 37.9. The predicted molar refractivity (Wildman–Crippen MR) is 171 cm³/mol. The monoisotopic (exact) mass is 714 g/mol. The molecule has 7 atom stereocenters. The third kappa shape index (κ3) is 7.58. The lowest BCUT2D eigenvalue weighted by Crippen LogP contribution is -2.53. The number of aliphatic hydroxyl groups is 3. The average molecular weight is 715 g/mol. The lowest BCUT2D eigenvalue weighted by Gasteiger charge is -2.42. The Balaban J connectivity index is 0.000000417. The van der Waals surface area contributed by atoms with E-state index in [-0.39, 0.29) is 47.3 Å². The summed E-state index contributed by atoms with van der Waals surface area (Å²) >= 11 is 0. The van der Waals surface area contributed by atoms with Gasteiger partial charge < -0.3 is 61.8 Å². The molecule has 2 aromatic carbocycles. The Morgan fingerprint density at radius 2 is 1.82 bits per heavy atom. The minimum atomic E-state index is -2.24. The molecule has 51 heavy (non-hydrogen) atoms. The van der Waals surface area contributed by atoms with Crippen LogP contribution in [-0.2, 0) is 30.3 Å². The van der Waals surface area contributed by atoms with Crippen molar-refractivity contribution in [1.82, 2.24) is 0 Å². The predicted octanol–water partition coefficient (Wildman–Crippen LogP) is -0.950. The Labute approximate surface area is 289 Å². The molecule has 0 amide bonds. The van der Waals surface area contributed by atoms with Crippen molar-refractivity contribution in [2.24, 2.45) is 11.5 Å². The molecule has 1 aliphatic heterocycles. The first-order valence-electron chi connectivity index (χ1n) is 15.7. The first kappa shape index (κ1) is 38.9. The van der Waals surface area contributed by atoms with Gasteiger partial charge in [-0.2, -0.15) is 4.79 Å². The number of hydrogen-bond acceptors (Lipinski definition) is 15. The number of fused-ring (bicyclic) bond motifs is 3. The van der Waals surface area contributed by atoms with Gasteiger partial charge in [-0.05, 0) is 19.4 Å². The Morgan fingerprint density at radius 1 is 1.16 bits per heavy atom. The number of ether oxygens (including phenoxy) is 3. The first-order valence-corrected chi connectivity index (χ1v) is 15.7. The molecule has 1 saturated heterocycles. The van der Waals surface area contributed by atoms with Gasteiger partial charge in [0.1, 0.15) is 35.5 Å². The summed E-state index contributed by atoms with van der Waals surface area (Å²) in [6.45, 7) is 0.560. The van der Waals surface area contributed by atoms with Crippen molar-refractivity contribution in [3.05, 3.63) is 57.1 Å². The highest BCUT2D eigenvalue weighted by Crippen LogP contribution is 2.52. The van der Waals surface area contributed by atoms with Gasteiger partial charge in [-0.15, -0.1) is 0 Å². The number of benzene rings is 2. The molecule has 0 saturated carbocycles. The molecule has 0 unspecified atom stereocenters. The van der Waals surface area contributed by atoms with Gasteiger partial charge in [0.15, 0.2) is 17.9 Å². The highest BCUT2D eigenvalue weighted by Gasteiger charge is 2.50. The Hall–Kier alpha value is -4.91. The molecule has 0 bridgehead atoms. The smallest absolute Gasteiger partial charge is 0.323 e. The number of carboxylic acid groups (broad SMARTS) is 1. The Kier molecular flexibility index (Phi) is 11.9. The number of carbonyl (C=O) groups excluding carboxylic acids is 4. The zero-order valence-corrected chi connectivity index (χ0v) is 27.5. The second-order valence-corrected chi connectivity index (χ2v) is 12.4. The van der Waals surface area contributed by atoms with E-state index in [9.17, 15) is 49.5 Å². The number of carbonyl (C=O) groups is 5. The number of rotatable bonds is 10. The van der Waals surface area contributed by atoms with Crippen LogP contribution in [0.25, 0.3) is 5.53 Å². The lowest BCUT2D eigenvalue weighted by atomic mass is 9.72. The highest BCUT2D eigenvalue weighted by atomic mass is 16.7. The third-order valence-electron chi connectivity index (χ3n) is 9.03. The minimum absolute atomic E-state index is 0.0173. The molecule has 18 nitrogen and oxygen atoms in total. The summed E-state index contributed by atoms with van der Waals surface area (Å²) in [5.41, 5.74) is 15.4. The molecule has 10 N–H and O–H groups in total. The molecular formula is C33H38N4O14. The second kappa shape index (κ2) is 15.5. The normalized spacial score (nSPS) is 25.5. The van der Waals surface area contributed by atoms with Gasteiger partial charge in [-0.25, -0.2) is 0 Å². The topological polar surface area (TPSA) is 323 Å². The maximum absolute atomic E-state index is 13.6. The van der Waals surface area contributed by atoms with E-state index < -0.39 is 113 Å². The van der Waals surface area contributed by atoms with Crippen LogP contribution in [0.2, 0.25) is 0 Å². The van der Waals surface area contributed by atoms with E-state index in [2.05, 4.69) is 4.79 Å². The average Bonchev–Trinajstić information content (AvgIpc) is 3.09. The molecular weight excluding hydrogens is 676 g/mol. The van der Waals surface area contributed by atoms with Crippen molar-refractivity contribution < 1.29 is 73.6 Å². The second-order valence-electron chi connectivity index (χ2n) is 12.4. The molecule has 1 fully saturated rings. The quantitative estimate of drug-likeness (QED) is 0.0543. The summed E-state index contributed by atoms with van der Waals surface area (Å²) in [5.74, 6) is -5.37. The fourth-order valence-electron chi connectivity index (χ4n) is 6.30. The van der Waals surface area contributed by atoms with Crippen LogP contribution in [0.1, 0.15) is 81.7 Å². The summed E-state index contributed by atoms with van der Waals surface area (Å²) in [4.78, 5) is 63.0. The number of methoxy groups -OCH3 is 1. The number of phenols is 2. The van der Waals surface area contributed by atoms with Crippen LogP contribution in [-0.4, -0.2) is 121 Å². The standard InChI is InChI=1S/C27H29NO11.C6H9N3O3/c1-10-22(31)13(28)6-17(38-10)39-15-8-27(36,16(30)9-29)7-12-19(15)26(35)21-20(24(12)33)23(32)11-4-3-5-14(37-2)18(11)25(21)34;7-5(6(11)12)2-1-4(10)3-9-8/h3-5,10,13,15,17,22,29,31,33,35-36H,6-9,28H2,1-2H3;3,5H,1-2,7H2,(H,11,12)/t10-,13-,15-,17-,22+,27-;5-/m00/s1. The number of ketones is 4. The Morgan fingerprint density at radius 3 is 2.41 bits per heavy atom. The maximum Gasteiger partial charge on any atom is 0.323 e. The van der Waals surface area contributed by atoms with Crippen LogP contribution in [0.4, 0.5) is 0 Å². The molecule has 5 rings (SSSR count). The number of Topliss-reactive ketones (excluding diaryl/α,β-unsaturated/α-hetero) is 2. The fraction of sp³-hybridized carbons (Fsp3) is 0.455. The van der Waals surface area contributed by atoms with Crippen LogP contribution < -0.4 is 16.2 Å². The first-order chi connectivity index (χ1) is 24.0. The SMILES string of the molecule is COc1cccc2c1C(=O)c1c(O)c3c(c(O)c1C2=O)C[C@@](O)(C(=O)CO)C[C@@H]3O[C@H]1C[C@H](N)[C@H](O)[C@H](C)O1.[N-]=[N+]=CC(=O)CC[C@H](N)C(=O)O.